The van der Waals surface area contributed by atoms with Crippen LogP contribution in [0.2, 0.25) is 0 Å². The summed E-state index contributed by atoms with van der Waals surface area (Å²) < 4.78 is 44.4. The molecule has 0 unspecified atom stereocenters. The Hall–Kier alpha value is -3.81. The summed E-state index contributed by atoms with van der Waals surface area (Å²) in [4.78, 5) is 14.5. The van der Waals surface area contributed by atoms with E-state index in [0.29, 0.717) is 13.1 Å². The first-order valence-electron chi connectivity index (χ1n) is 10.4. The summed E-state index contributed by atoms with van der Waals surface area (Å²) in [6.07, 6.45) is -4.49. The van der Waals surface area contributed by atoms with E-state index in [4.69, 9.17) is 4.74 Å². The van der Waals surface area contributed by atoms with E-state index in [0.717, 1.165) is 23.3 Å². The Morgan fingerprint density at radius 2 is 1.48 bits per heavy atom. The average molecular weight is 455 g/mol. The minimum atomic E-state index is -4.49. The van der Waals surface area contributed by atoms with Crippen LogP contribution in [0.3, 0.4) is 0 Å². The minimum absolute atomic E-state index is 0.0398. The van der Waals surface area contributed by atoms with Gasteiger partial charge in [-0.2, -0.15) is 13.2 Å². The van der Waals surface area contributed by atoms with Crippen LogP contribution in [0.5, 0.6) is 0 Å². The summed E-state index contributed by atoms with van der Waals surface area (Å²) in [6, 6.07) is 23.6. The van der Waals surface area contributed by atoms with E-state index in [1.165, 1.54) is 12.1 Å². The molecule has 0 atom stereocenters. The van der Waals surface area contributed by atoms with Gasteiger partial charge in [0.05, 0.1) is 17.9 Å². The lowest BCUT2D eigenvalue weighted by molar-refractivity contribution is -0.138. The largest absolute Gasteiger partial charge is 0.460 e. The molecule has 1 N–H and O–H groups in total. The van der Waals surface area contributed by atoms with Gasteiger partial charge in [-0.3, -0.25) is 5.43 Å². The molecule has 8 heteroatoms. The number of amidine groups is 1. The maximum atomic E-state index is 13.1. The molecule has 0 fully saturated rings. The van der Waals surface area contributed by atoms with Crippen LogP contribution in [-0.2, 0) is 28.8 Å². The van der Waals surface area contributed by atoms with Gasteiger partial charge in [0, 0.05) is 13.1 Å². The third kappa shape index (κ3) is 7.10. The Bertz CT molecular complexity index is 1030. The van der Waals surface area contributed by atoms with Crippen molar-refractivity contribution in [1.82, 2.24) is 4.90 Å². The molecule has 172 valence electrons. The fraction of sp³-hybridized carbons (Fsp3) is 0.200. The van der Waals surface area contributed by atoms with Crippen molar-refractivity contribution >= 4 is 17.5 Å². The van der Waals surface area contributed by atoms with Crippen LogP contribution < -0.4 is 5.43 Å². The third-order valence-corrected chi connectivity index (χ3v) is 4.67. The lowest BCUT2D eigenvalue weighted by atomic mass is 10.1. The van der Waals surface area contributed by atoms with Crippen molar-refractivity contribution in [2.45, 2.75) is 26.2 Å². The fourth-order valence-corrected chi connectivity index (χ4v) is 3.14. The summed E-state index contributed by atoms with van der Waals surface area (Å²) >= 11 is 0. The average Bonchev–Trinajstić information content (AvgIpc) is 2.80. The molecule has 0 aliphatic rings. The number of esters is 1. The van der Waals surface area contributed by atoms with Gasteiger partial charge in [-0.1, -0.05) is 66.7 Å². The molecule has 3 aromatic carbocycles. The lowest BCUT2D eigenvalue weighted by Crippen LogP contribution is -2.37. The Labute approximate surface area is 190 Å². The summed E-state index contributed by atoms with van der Waals surface area (Å²) in [5.74, 6) is -0.717. The standard InChI is InChI=1S/C25H24F3N3O2/c1-2-33-24(32)23(30-29-22-15-9-14-21(16-22)25(26,27)28)31(17-19-10-5-3-6-11-19)18-20-12-7-4-8-13-20/h3-16,29H,2,17-18H2,1H3. The highest BCUT2D eigenvalue weighted by atomic mass is 19.4. The molecule has 0 saturated carbocycles. The number of nitrogens with one attached hydrogen (secondary N) is 1. The van der Waals surface area contributed by atoms with Gasteiger partial charge in [-0.25, -0.2) is 4.79 Å². The van der Waals surface area contributed by atoms with Crippen LogP contribution in [0.15, 0.2) is 90.0 Å². The summed E-state index contributed by atoms with van der Waals surface area (Å²) in [7, 11) is 0. The molecule has 0 aliphatic carbocycles. The van der Waals surface area contributed by atoms with Gasteiger partial charge in [-0.15, -0.1) is 5.10 Å². The van der Waals surface area contributed by atoms with Crippen molar-refractivity contribution in [3.8, 4) is 0 Å². The number of nitrogens with zero attached hydrogens (tertiary/aromatic N) is 2. The van der Waals surface area contributed by atoms with Crippen molar-refractivity contribution in [1.29, 1.82) is 0 Å². The molecule has 0 amide bonds. The van der Waals surface area contributed by atoms with Crippen LogP contribution in [0.4, 0.5) is 18.9 Å². The fourth-order valence-electron chi connectivity index (χ4n) is 3.14. The van der Waals surface area contributed by atoms with E-state index < -0.39 is 17.7 Å². The zero-order valence-electron chi connectivity index (χ0n) is 18.0. The first kappa shape index (κ1) is 23.8. The number of anilines is 1. The van der Waals surface area contributed by atoms with Crippen LogP contribution in [0.1, 0.15) is 23.6 Å². The van der Waals surface area contributed by atoms with Crippen LogP contribution in [0, 0.1) is 0 Å². The first-order valence-corrected chi connectivity index (χ1v) is 10.4. The van der Waals surface area contributed by atoms with Crippen LogP contribution >= 0.6 is 0 Å². The van der Waals surface area contributed by atoms with E-state index >= 15 is 0 Å². The van der Waals surface area contributed by atoms with Gasteiger partial charge in [0.2, 0.25) is 5.84 Å². The maximum absolute atomic E-state index is 13.1. The van der Waals surface area contributed by atoms with Crippen molar-refractivity contribution < 1.29 is 22.7 Å². The molecule has 0 spiro atoms. The summed E-state index contributed by atoms with van der Waals surface area (Å²) in [6.45, 7) is 2.50. The number of carbonyl (C=O) groups is 1. The molecule has 0 heterocycles. The number of hydrogen-bond acceptors (Lipinski definition) is 4. The Kier molecular flexibility index (Phi) is 8.07. The SMILES string of the molecule is CCOC(=O)C(=NNc1cccc(C(F)(F)F)c1)N(Cc1ccccc1)Cc1ccccc1. The Morgan fingerprint density at radius 3 is 2.00 bits per heavy atom. The third-order valence-electron chi connectivity index (χ3n) is 4.67. The highest BCUT2D eigenvalue weighted by Crippen LogP contribution is 2.30. The predicted molar refractivity (Wildman–Crippen MR) is 121 cm³/mol. The number of hydrogen-bond donors (Lipinski definition) is 1. The number of halogens is 3. The molecule has 3 rings (SSSR count). The number of ether oxygens (including phenoxy) is 1. The van der Waals surface area contributed by atoms with Crippen molar-refractivity contribution in [3.63, 3.8) is 0 Å². The number of alkyl halides is 3. The lowest BCUT2D eigenvalue weighted by Gasteiger charge is -2.25. The normalized spacial score (nSPS) is 11.7. The van der Waals surface area contributed by atoms with Crippen molar-refractivity contribution in [2.75, 3.05) is 12.0 Å². The zero-order chi connectivity index (χ0) is 23.7. The number of carbonyl (C=O) groups excluding carboxylic acids is 1. The molecular weight excluding hydrogens is 431 g/mol. The minimum Gasteiger partial charge on any atom is -0.460 e. The topological polar surface area (TPSA) is 53.9 Å². The van der Waals surface area contributed by atoms with Gasteiger partial charge in [-0.05, 0) is 36.2 Å². The monoisotopic (exact) mass is 455 g/mol. The second-order valence-electron chi connectivity index (χ2n) is 7.17. The van der Waals surface area contributed by atoms with Gasteiger partial charge in [0.1, 0.15) is 0 Å². The number of benzene rings is 3. The summed E-state index contributed by atoms with van der Waals surface area (Å²) in [5.41, 5.74) is 3.75. The van der Waals surface area contributed by atoms with Gasteiger partial charge in [0.25, 0.3) is 0 Å². The quantitative estimate of drug-likeness (QED) is 0.215. The molecule has 5 nitrogen and oxygen atoms in total. The van der Waals surface area contributed by atoms with Gasteiger partial charge < -0.3 is 9.64 Å². The van der Waals surface area contributed by atoms with Gasteiger partial charge >= 0.3 is 12.1 Å². The van der Waals surface area contributed by atoms with E-state index in [9.17, 15) is 18.0 Å². The first-order chi connectivity index (χ1) is 15.9. The van der Waals surface area contributed by atoms with Gasteiger partial charge in [0.15, 0.2) is 0 Å². The van der Waals surface area contributed by atoms with Crippen molar-refractivity contribution in [2.24, 2.45) is 5.10 Å². The number of hydrazone groups is 1. The Balaban J connectivity index is 1.95. The molecule has 3 aromatic rings. The van der Waals surface area contributed by atoms with E-state index in [1.807, 2.05) is 60.7 Å². The van der Waals surface area contributed by atoms with E-state index in [-0.39, 0.29) is 18.1 Å². The Morgan fingerprint density at radius 1 is 0.909 bits per heavy atom. The molecule has 33 heavy (non-hydrogen) atoms. The van der Waals surface area contributed by atoms with E-state index in [1.54, 1.807) is 11.8 Å². The predicted octanol–water partition coefficient (Wildman–Crippen LogP) is 5.70. The van der Waals surface area contributed by atoms with E-state index in [2.05, 4.69) is 10.5 Å². The highest BCUT2D eigenvalue weighted by Gasteiger charge is 2.30. The second kappa shape index (κ2) is 11.2. The molecule has 0 bridgehead atoms. The maximum Gasteiger partial charge on any atom is 0.416 e. The molecule has 0 aliphatic heterocycles. The molecular formula is C25H24F3N3O2. The summed E-state index contributed by atoms with van der Waals surface area (Å²) in [5, 5.41) is 4.18. The molecule has 0 saturated heterocycles. The van der Waals surface area contributed by atoms with Crippen LogP contribution in [0.25, 0.3) is 0 Å². The molecule has 0 radical (unpaired) electrons. The molecule has 0 aromatic heterocycles. The van der Waals surface area contributed by atoms with Crippen LogP contribution in [-0.4, -0.2) is 23.3 Å². The smallest absolute Gasteiger partial charge is 0.416 e. The van der Waals surface area contributed by atoms with Crippen molar-refractivity contribution in [3.05, 3.63) is 102 Å². The zero-order valence-corrected chi connectivity index (χ0v) is 18.0. The highest BCUT2D eigenvalue weighted by molar-refractivity contribution is 6.35. The number of rotatable bonds is 7. The second-order valence-corrected chi connectivity index (χ2v) is 7.17.